The van der Waals surface area contributed by atoms with Crippen LogP contribution in [0, 0.1) is 10.1 Å². The number of carbonyl (C=O) groups excluding carboxylic acids is 1. The predicted molar refractivity (Wildman–Crippen MR) is 91.5 cm³/mol. The summed E-state index contributed by atoms with van der Waals surface area (Å²) in [5, 5.41) is 14.8. The fourth-order valence-electron chi connectivity index (χ4n) is 2.68. The molecule has 1 heterocycles. The first-order valence-electron chi connectivity index (χ1n) is 7.68. The molecule has 122 valence electrons. The average Bonchev–Trinajstić information content (AvgIpc) is 3.01. The smallest absolute Gasteiger partial charge is 0.274 e. The molecular formula is C18H17N3O3. The highest BCUT2D eigenvalue weighted by atomic mass is 16.6. The maximum absolute atomic E-state index is 12.0. The van der Waals surface area contributed by atoms with Crippen LogP contribution >= 0.6 is 0 Å². The van der Waals surface area contributed by atoms with Crippen molar-refractivity contribution in [2.24, 2.45) is 0 Å². The molecule has 6 heteroatoms. The zero-order valence-electron chi connectivity index (χ0n) is 13.0. The Morgan fingerprint density at radius 2 is 1.83 bits per heavy atom. The average molecular weight is 323 g/mol. The van der Waals surface area contributed by atoms with Crippen molar-refractivity contribution in [3.05, 3.63) is 76.5 Å². The number of nitro benzene ring substituents is 1. The number of rotatable bonds is 6. The number of amides is 1. The third kappa shape index (κ3) is 3.43. The molecule has 3 aromatic rings. The van der Waals surface area contributed by atoms with E-state index in [1.165, 1.54) is 6.07 Å². The lowest BCUT2D eigenvalue weighted by atomic mass is 10.2. The van der Waals surface area contributed by atoms with Crippen molar-refractivity contribution in [2.45, 2.75) is 19.5 Å². The molecule has 0 radical (unpaired) electrons. The Bertz CT molecular complexity index is 886. The summed E-state index contributed by atoms with van der Waals surface area (Å²) < 4.78 is 2.03. The molecule has 3 rings (SSSR count). The predicted octanol–water partition coefficient (Wildman–Crippen LogP) is 3.26. The summed E-state index contributed by atoms with van der Waals surface area (Å²) in [5.74, 6) is -0.133. The summed E-state index contributed by atoms with van der Waals surface area (Å²) in [6, 6.07) is 16.4. The van der Waals surface area contributed by atoms with Crippen LogP contribution in [0.2, 0.25) is 0 Å². The van der Waals surface area contributed by atoms with Crippen LogP contribution in [-0.2, 0) is 17.9 Å². The summed E-state index contributed by atoms with van der Waals surface area (Å²) in [6.07, 6.45) is 2.28. The van der Waals surface area contributed by atoms with Gasteiger partial charge in [-0.1, -0.05) is 36.4 Å². The number of nitrogens with one attached hydrogen (secondary N) is 1. The highest BCUT2D eigenvalue weighted by molar-refractivity contribution is 5.80. The Labute approximate surface area is 138 Å². The Morgan fingerprint density at radius 1 is 1.08 bits per heavy atom. The van der Waals surface area contributed by atoms with Gasteiger partial charge < -0.3 is 9.88 Å². The molecule has 2 aromatic carbocycles. The molecule has 24 heavy (non-hydrogen) atoms. The van der Waals surface area contributed by atoms with Gasteiger partial charge in [-0.3, -0.25) is 14.9 Å². The number of nitro groups is 1. The van der Waals surface area contributed by atoms with Crippen LogP contribution in [0.3, 0.4) is 0 Å². The number of benzene rings is 2. The van der Waals surface area contributed by atoms with Crippen molar-refractivity contribution >= 4 is 22.5 Å². The lowest BCUT2D eigenvalue weighted by Crippen LogP contribution is -2.24. The number of hydrogen-bond donors (Lipinski definition) is 1. The topological polar surface area (TPSA) is 77.2 Å². The molecule has 1 N–H and O–H groups in total. The third-order valence-corrected chi connectivity index (χ3v) is 3.92. The van der Waals surface area contributed by atoms with E-state index in [0.29, 0.717) is 18.5 Å². The Kier molecular flexibility index (Phi) is 4.56. The van der Waals surface area contributed by atoms with E-state index in [4.69, 9.17) is 0 Å². The van der Waals surface area contributed by atoms with Crippen molar-refractivity contribution in [1.82, 2.24) is 9.88 Å². The van der Waals surface area contributed by atoms with Gasteiger partial charge in [0.2, 0.25) is 5.91 Å². The van der Waals surface area contributed by atoms with E-state index in [2.05, 4.69) is 5.32 Å². The highest BCUT2D eigenvalue weighted by Gasteiger charge is 2.13. The van der Waals surface area contributed by atoms with Crippen molar-refractivity contribution in [3.8, 4) is 0 Å². The van der Waals surface area contributed by atoms with Crippen LogP contribution in [-0.4, -0.2) is 15.4 Å². The highest BCUT2D eigenvalue weighted by Crippen LogP contribution is 2.17. The van der Waals surface area contributed by atoms with E-state index in [1.54, 1.807) is 18.2 Å². The second kappa shape index (κ2) is 6.95. The number of aryl methyl sites for hydroxylation is 1. The van der Waals surface area contributed by atoms with Gasteiger partial charge in [-0.15, -0.1) is 0 Å². The van der Waals surface area contributed by atoms with Crippen molar-refractivity contribution in [3.63, 3.8) is 0 Å². The molecule has 0 saturated carbocycles. The van der Waals surface area contributed by atoms with E-state index >= 15 is 0 Å². The largest absolute Gasteiger partial charge is 0.352 e. The summed E-state index contributed by atoms with van der Waals surface area (Å²) in [7, 11) is 0. The molecule has 0 aliphatic rings. The van der Waals surface area contributed by atoms with Crippen LogP contribution in [0.25, 0.3) is 10.9 Å². The fraction of sp³-hybridized carbons (Fsp3) is 0.167. The third-order valence-electron chi connectivity index (χ3n) is 3.92. The van der Waals surface area contributed by atoms with Gasteiger partial charge in [0.15, 0.2) is 0 Å². The zero-order valence-corrected chi connectivity index (χ0v) is 13.0. The molecule has 0 fully saturated rings. The second-order valence-corrected chi connectivity index (χ2v) is 5.48. The number of nitrogens with zero attached hydrogens (tertiary/aromatic N) is 2. The number of carbonyl (C=O) groups is 1. The van der Waals surface area contributed by atoms with Gasteiger partial charge in [-0.25, -0.2) is 0 Å². The van der Waals surface area contributed by atoms with Crippen LogP contribution in [0.1, 0.15) is 12.0 Å². The maximum atomic E-state index is 12.0. The molecule has 1 amide bonds. The van der Waals surface area contributed by atoms with Crippen LogP contribution in [0.4, 0.5) is 5.69 Å². The molecule has 0 aliphatic carbocycles. The summed E-state index contributed by atoms with van der Waals surface area (Å²) in [5.41, 5.74) is 1.61. The molecule has 0 aliphatic heterocycles. The number of aromatic nitrogens is 1. The molecule has 0 spiro atoms. The molecular weight excluding hydrogens is 306 g/mol. The van der Waals surface area contributed by atoms with Gasteiger partial charge in [0, 0.05) is 42.9 Å². The summed E-state index contributed by atoms with van der Waals surface area (Å²) in [4.78, 5) is 22.6. The van der Waals surface area contributed by atoms with Gasteiger partial charge in [-0.05, 0) is 17.5 Å². The lowest BCUT2D eigenvalue weighted by Gasteiger charge is -2.08. The number of hydrogen-bond acceptors (Lipinski definition) is 3. The first-order chi connectivity index (χ1) is 11.6. The molecule has 6 nitrogen and oxygen atoms in total. The van der Waals surface area contributed by atoms with Crippen molar-refractivity contribution in [1.29, 1.82) is 0 Å². The van der Waals surface area contributed by atoms with Crippen LogP contribution in [0.15, 0.2) is 60.8 Å². The Hall–Kier alpha value is -3.15. The van der Waals surface area contributed by atoms with Gasteiger partial charge in [-0.2, -0.15) is 0 Å². The summed E-state index contributed by atoms with van der Waals surface area (Å²) in [6.45, 7) is 0.721. The second-order valence-electron chi connectivity index (χ2n) is 5.48. The van der Waals surface area contributed by atoms with Crippen LogP contribution < -0.4 is 5.32 Å². The maximum Gasteiger partial charge on any atom is 0.274 e. The van der Waals surface area contributed by atoms with E-state index in [9.17, 15) is 14.9 Å². The standard InChI is InChI=1S/C18H17N3O3/c22-18(19-13-15-6-2-4-8-17(15)21(23)24)10-12-20-11-9-14-5-1-3-7-16(14)20/h1-9,11H,10,12-13H2,(H,19,22). The monoisotopic (exact) mass is 323 g/mol. The zero-order chi connectivity index (χ0) is 16.9. The first-order valence-corrected chi connectivity index (χ1v) is 7.68. The minimum Gasteiger partial charge on any atom is -0.352 e. The van der Waals surface area contributed by atoms with E-state index in [-0.39, 0.29) is 18.1 Å². The van der Waals surface area contributed by atoms with Crippen LogP contribution in [0.5, 0.6) is 0 Å². The molecule has 0 atom stereocenters. The normalized spacial score (nSPS) is 10.7. The molecule has 0 saturated heterocycles. The minimum absolute atomic E-state index is 0.0224. The lowest BCUT2D eigenvalue weighted by molar-refractivity contribution is -0.385. The Morgan fingerprint density at radius 3 is 2.67 bits per heavy atom. The SMILES string of the molecule is O=C(CCn1ccc2ccccc21)NCc1ccccc1[N+](=O)[O-]. The molecule has 0 bridgehead atoms. The van der Waals surface area contributed by atoms with Crippen molar-refractivity contribution < 1.29 is 9.72 Å². The minimum atomic E-state index is -0.437. The van der Waals surface area contributed by atoms with E-state index < -0.39 is 4.92 Å². The van der Waals surface area contributed by atoms with Gasteiger partial charge in [0.1, 0.15) is 0 Å². The Balaban J connectivity index is 1.58. The van der Waals surface area contributed by atoms with Gasteiger partial charge in [0.05, 0.1) is 4.92 Å². The van der Waals surface area contributed by atoms with Gasteiger partial charge in [0.25, 0.3) is 5.69 Å². The number of para-hydroxylation sites is 2. The molecule has 1 aromatic heterocycles. The van der Waals surface area contributed by atoms with Crippen molar-refractivity contribution in [2.75, 3.05) is 0 Å². The first kappa shape index (κ1) is 15.7. The van der Waals surface area contributed by atoms with E-state index in [0.717, 1.165) is 10.9 Å². The van der Waals surface area contributed by atoms with E-state index in [1.807, 2.05) is 41.1 Å². The fourth-order valence-corrected chi connectivity index (χ4v) is 2.68. The molecule has 0 unspecified atom stereocenters. The quantitative estimate of drug-likeness (QED) is 0.559. The van der Waals surface area contributed by atoms with Gasteiger partial charge >= 0.3 is 0 Å². The summed E-state index contributed by atoms with van der Waals surface area (Å²) >= 11 is 0. The number of fused-ring (bicyclic) bond motifs is 1.